The molecular weight excluding hydrogens is 335 g/mol. The van der Waals surface area contributed by atoms with E-state index in [4.69, 9.17) is 0 Å². The van der Waals surface area contributed by atoms with Crippen molar-refractivity contribution in [1.82, 2.24) is 4.90 Å². The van der Waals surface area contributed by atoms with Crippen LogP contribution in [0, 0.1) is 5.82 Å². The Morgan fingerprint density at radius 2 is 2.00 bits per heavy atom. The number of halogens is 2. The Labute approximate surface area is 131 Å². The number of anilines is 1. The smallest absolute Gasteiger partial charge is 0.253 e. The van der Waals surface area contributed by atoms with Crippen LogP contribution in [0.4, 0.5) is 10.1 Å². The molecule has 0 aromatic heterocycles. The molecule has 0 fully saturated rings. The lowest BCUT2D eigenvalue weighted by molar-refractivity contribution is 0.0827. The molecule has 0 bridgehead atoms. The first-order valence-corrected chi connectivity index (χ1v) is 7.26. The summed E-state index contributed by atoms with van der Waals surface area (Å²) in [5.74, 6) is -0.322. The third-order valence-corrected chi connectivity index (χ3v) is 3.78. The van der Waals surface area contributed by atoms with Gasteiger partial charge in [-0.05, 0) is 42.0 Å². The fourth-order valence-corrected chi connectivity index (χ4v) is 2.28. The third kappa shape index (κ3) is 4.04. The molecule has 0 heterocycles. The van der Waals surface area contributed by atoms with E-state index in [1.165, 1.54) is 17.0 Å². The molecule has 2 rings (SSSR count). The van der Waals surface area contributed by atoms with Crippen molar-refractivity contribution in [2.45, 2.75) is 6.54 Å². The van der Waals surface area contributed by atoms with Crippen LogP contribution < -0.4 is 5.32 Å². The Morgan fingerprint density at radius 3 is 2.71 bits per heavy atom. The second kappa shape index (κ2) is 6.72. The molecule has 0 unspecified atom stereocenters. The normalized spacial score (nSPS) is 10.3. The fourth-order valence-electron chi connectivity index (χ4n) is 1.90. The number of amides is 1. The van der Waals surface area contributed by atoms with Gasteiger partial charge in [-0.1, -0.05) is 22.0 Å². The van der Waals surface area contributed by atoms with Crippen LogP contribution in [0.15, 0.2) is 46.9 Å². The van der Waals surface area contributed by atoms with Gasteiger partial charge in [0.25, 0.3) is 5.91 Å². The molecule has 0 aliphatic rings. The van der Waals surface area contributed by atoms with Crippen molar-refractivity contribution < 1.29 is 9.18 Å². The second-order valence-electron chi connectivity index (χ2n) is 4.87. The lowest BCUT2D eigenvalue weighted by atomic mass is 10.1. The van der Waals surface area contributed by atoms with Gasteiger partial charge in [0.15, 0.2) is 0 Å². The average Bonchev–Trinajstić information content (AvgIpc) is 2.47. The Morgan fingerprint density at radius 1 is 1.24 bits per heavy atom. The number of rotatable bonds is 4. The maximum absolute atomic E-state index is 13.2. The SMILES string of the molecule is CN(C)C(=O)c1cccc(NCc2cc(F)ccc2Br)c1. The first kappa shape index (κ1) is 15.5. The van der Waals surface area contributed by atoms with Crippen LogP contribution in [-0.2, 0) is 6.54 Å². The standard InChI is InChI=1S/C16H16BrFN2O/c1-20(2)16(21)11-4-3-5-14(9-11)19-10-12-8-13(18)6-7-15(12)17/h3-9,19H,10H2,1-2H3. The maximum Gasteiger partial charge on any atom is 0.253 e. The third-order valence-electron chi connectivity index (χ3n) is 3.01. The van der Waals surface area contributed by atoms with Crippen molar-refractivity contribution in [3.63, 3.8) is 0 Å². The zero-order valence-corrected chi connectivity index (χ0v) is 13.4. The number of carbonyl (C=O) groups is 1. The zero-order valence-electron chi connectivity index (χ0n) is 11.9. The molecule has 110 valence electrons. The monoisotopic (exact) mass is 350 g/mol. The van der Waals surface area contributed by atoms with Crippen molar-refractivity contribution in [3.8, 4) is 0 Å². The number of benzene rings is 2. The van der Waals surface area contributed by atoms with Crippen molar-refractivity contribution in [2.75, 3.05) is 19.4 Å². The number of nitrogens with one attached hydrogen (secondary N) is 1. The first-order valence-electron chi connectivity index (χ1n) is 6.47. The van der Waals surface area contributed by atoms with E-state index in [-0.39, 0.29) is 11.7 Å². The van der Waals surface area contributed by atoms with E-state index < -0.39 is 0 Å². The van der Waals surface area contributed by atoms with E-state index in [1.54, 1.807) is 32.3 Å². The molecular formula is C16H16BrFN2O. The molecule has 2 aromatic rings. The van der Waals surface area contributed by atoms with Gasteiger partial charge in [0, 0.05) is 36.4 Å². The molecule has 0 atom stereocenters. The van der Waals surface area contributed by atoms with Crippen molar-refractivity contribution >= 4 is 27.5 Å². The predicted octanol–water partition coefficient (Wildman–Crippen LogP) is 3.90. The summed E-state index contributed by atoms with van der Waals surface area (Å²) in [6, 6.07) is 11.8. The topological polar surface area (TPSA) is 32.3 Å². The summed E-state index contributed by atoms with van der Waals surface area (Å²) < 4.78 is 14.1. The first-order chi connectivity index (χ1) is 9.97. The summed E-state index contributed by atoms with van der Waals surface area (Å²) in [6.07, 6.45) is 0. The van der Waals surface area contributed by atoms with Gasteiger partial charge in [0.1, 0.15) is 5.82 Å². The van der Waals surface area contributed by atoms with Crippen LogP contribution >= 0.6 is 15.9 Å². The molecule has 1 N–H and O–H groups in total. The lowest BCUT2D eigenvalue weighted by Gasteiger charge is -2.12. The summed E-state index contributed by atoms with van der Waals surface area (Å²) in [7, 11) is 3.43. The average molecular weight is 351 g/mol. The summed E-state index contributed by atoms with van der Waals surface area (Å²) in [5.41, 5.74) is 2.25. The summed E-state index contributed by atoms with van der Waals surface area (Å²) in [5, 5.41) is 3.20. The van der Waals surface area contributed by atoms with Gasteiger partial charge < -0.3 is 10.2 Å². The zero-order chi connectivity index (χ0) is 15.4. The highest BCUT2D eigenvalue weighted by atomic mass is 79.9. The van der Waals surface area contributed by atoms with Crippen LogP contribution in [-0.4, -0.2) is 24.9 Å². The second-order valence-corrected chi connectivity index (χ2v) is 5.72. The summed E-state index contributed by atoms with van der Waals surface area (Å²) >= 11 is 3.39. The molecule has 0 saturated carbocycles. The Kier molecular flexibility index (Phi) is 4.96. The molecule has 1 amide bonds. The summed E-state index contributed by atoms with van der Waals surface area (Å²) in [4.78, 5) is 13.4. The largest absolute Gasteiger partial charge is 0.381 e. The van der Waals surface area contributed by atoms with Gasteiger partial charge >= 0.3 is 0 Å². The molecule has 0 radical (unpaired) electrons. The molecule has 21 heavy (non-hydrogen) atoms. The fraction of sp³-hybridized carbons (Fsp3) is 0.188. The van der Waals surface area contributed by atoms with Crippen molar-refractivity contribution in [1.29, 1.82) is 0 Å². The van der Waals surface area contributed by atoms with Crippen LogP contribution in [0.5, 0.6) is 0 Å². The van der Waals surface area contributed by atoms with E-state index in [2.05, 4.69) is 21.2 Å². The molecule has 0 saturated heterocycles. The van der Waals surface area contributed by atoms with Gasteiger partial charge in [-0.15, -0.1) is 0 Å². The molecule has 5 heteroatoms. The Hall–Kier alpha value is -1.88. The van der Waals surface area contributed by atoms with E-state index >= 15 is 0 Å². The number of hydrogen-bond acceptors (Lipinski definition) is 2. The van der Waals surface area contributed by atoms with Gasteiger partial charge in [-0.2, -0.15) is 0 Å². The molecule has 3 nitrogen and oxygen atoms in total. The van der Waals surface area contributed by atoms with Crippen LogP contribution in [0.2, 0.25) is 0 Å². The van der Waals surface area contributed by atoms with E-state index in [0.29, 0.717) is 12.1 Å². The minimum Gasteiger partial charge on any atom is -0.381 e. The van der Waals surface area contributed by atoms with Crippen molar-refractivity contribution in [2.24, 2.45) is 0 Å². The lowest BCUT2D eigenvalue weighted by Crippen LogP contribution is -2.21. The highest BCUT2D eigenvalue weighted by Gasteiger charge is 2.08. The molecule has 2 aromatic carbocycles. The highest BCUT2D eigenvalue weighted by Crippen LogP contribution is 2.20. The molecule has 0 spiro atoms. The van der Waals surface area contributed by atoms with Gasteiger partial charge in [0.05, 0.1) is 0 Å². The van der Waals surface area contributed by atoms with E-state index in [1.807, 2.05) is 12.1 Å². The van der Waals surface area contributed by atoms with Crippen LogP contribution in [0.25, 0.3) is 0 Å². The van der Waals surface area contributed by atoms with Gasteiger partial charge in [-0.3, -0.25) is 4.79 Å². The minimum absolute atomic E-state index is 0.0504. The highest BCUT2D eigenvalue weighted by molar-refractivity contribution is 9.10. The maximum atomic E-state index is 13.2. The number of carbonyl (C=O) groups excluding carboxylic acids is 1. The molecule has 0 aliphatic carbocycles. The van der Waals surface area contributed by atoms with Crippen LogP contribution in [0.1, 0.15) is 15.9 Å². The van der Waals surface area contributed by atoms with E-state index in [0.717, 1.165) is 15.7 Å². The van der Waals surface area contributed by atoms with E-state index in [9.17, 15) is 9.18 Å². The molecule has 0 aliphatic heterocycles. The number of hydrogen-bond donors (Lipinski definition) is 1. The Bertz CT molecular complexity index is 658. The van der Waals surface area contributed by atoms with Crippen molar-refractivity contribution in [3.05, 3.63) is 63.9 Å². The van der Waals surface area contributed by atoms with Crippen LogP contribution in [0.3, 0.4) is 0 Å². The van der Waals surface area contributed by atoms with Gasteiger partial charge in [-0.25, -0.2) is 4.39 Å². The minimum atomic E-state index is -0.272. The quantitative estimate of drug-likeness (QED) is 0.906. The summed E-state index contributed by atoms with van der Waals surface area (Å²) in [6.45, 7) is 0.470. The van der Waals surface area contributed by atoms with Gasteiger partial charge in [0.2, 0.25) is 0 Å². The Balaban J connectivity index is 2.12. The predicted molar refractivity (Wildman–Crippen MR) is 85.9 cm³/mol. The number of nitrogens with zero attached hydrogens (tertiary/aromatic N) is 1.